The van der Waals surface area contributed by atoms with Crippen LogP contribution < -0.4 is 5.32 Å². The van der Waals surface area contributed by atoms with Crippen molar-refractivity contribution in [3.8, 4) is 0 Å². The molecule has 0 aromatic rings. The molecule has 1 atom stereocenters. The largest absolute Gasteiger partial charge is 0.306 e. The Morgan fingerprint density at radius 1 is 1.58 bits per heavy atom. The van der Waals surface area contributed by atoms with Gasteiger partial charge < -0.3 is 5.32 Å². The molecular formula is C7H13NO3S. The Morgan fingerprint density at radius 3 is 2.67 bits per heavy atom. The van der Waals surface area contributed by atoms with Gasteiger partial charge in [0.1, 0.15) is 5.78 Å². The van der Waals surface area contributed by atoms with Gasteiger partial charge in [0.05, 0.1) is 18.1 Å². The molecule has 1 fully saturated rings. The van der Waals surface area contributed by atoms with Crippen LogP contribution >= 0.6 is 0 Å². The normalized spacial score (nSPS) is 27.2. The zero-order valence-corrected chi connectivity index (χ0v) is 7.86. The Hall–Kier alpha value is -0.420. The van der Waals surface area contributed by atoms with Gasteiger partial charge in [-0.05, 0) is 13.3 Å². The van der Waals surface area contributed by atoms with E-state index in [1.165, 1.54) is 6.92 Å². The lowest BCUT2D eigenvalue weighted by atomic mass is 10.2. The second-order valence-corrected chi connectivity index (χ2v) is 5.41. The van der Waals surface area contributed by atoms with Crippen LogP contribution in [0.4, 0.5) is 0 Å². The van der Waals surface area contributed by atoms with Crippen LogP contribution in [0.3, 0.4) is 0 Å². The van der Waals surface area contributed by atoms with Crippen LogP contribution in [0, 0.1) is 0 Å². The minimum atomic E-state index is -2.82. The molecule has 0 aromatic carbocycles. The summed E-state index contributed by atoms with van der Waals surface area (Å²) in [7, 11) is -2.82. The first-order chi connectivity index (χ1) is 5.49. The molecule has 0 saturated carbocycles. The Balaban J connectivity index is 2.34. The number of sulfone groups is 1. The van der Waals surface area contributed by atoms with Gasteiger partial charge in [0.15, 0.2) is 9.84 Å². The van der Waals surface area contributed by atoms with Gasteiger partial charge in [-0.3, -0.25) is 4.79 Å². The molecule has 0 spiro atoms. The molecule has 12 heavy (non-hydrogen) atoms. The highest BCUT2D eigenvalue weighted by Crippen LogP contribution is 2.10. The lowest BCUT2D eigenvalue weighted by molar-refractivity contribution is -0.116. The molecule has 1 N–H and O–H groups in total. The molecule has 1 heterocycles. The average molecular weight is 191 g/mol. The van der Waals surface area contributed by atoms with Gasteiger partial charge in [-0.2, -0.15) is 0 Å². The first-order valence-electron chi connectivity index (χ1n) is 3.93. The minimum absolute atomic E-state index is 0.0149. The predicted molar refractivity (Wildman–Crippen MR) is 45.7 cm³/mol. The molecule has 0 aromatic heterocycles. The van der Waals surface area contributed by atoms with Gasteiger partial charge in [-0.15, -0.1) is 0 Å². The van der Waals surface area contributed by atoms with Gasteiger partial charge in [0.25, 0.3) is 0 Å². The van der Waals surface area contributed by atoms with Crippen LogP contribution in [-0.2, 0) is 14.6 Å². The molecule has 1 rings (SSSR count). The fourth-order valence-electron chi connectivity index (χ4n) is 1.24. The van der Waals surface area contributed by atoms with E-state index < -0.39 is 9.84 Å². The average Bonchev–Trinajstić information content (AvgIpc) is 2.26. The van der Waals surface area contributed by atoms with Gasteiger partial charge in [0, 0.05) is 6.04 Å². The number of hydrogen-bond acceptors (Lipinski definition) is 4. The van der Waals surface area contributed by atoms with Crippen molar-refractivity contribution < 1.29 is 13.2 Å². The first kappa shape index (κ1) is 9.67. The Bertz CT molecular complexity index is 270. The van der Waals surface area contributed by atoms with Gasteiger partial charge in [-0.25, -0.2) is 8.42 Å². The summed E-state index contributed by atoms with van der Waals surface area (Å²) in [5.74, 6) is 0.474. The van der Waals surface area contributed by atoms with E-state index >= 15 is 0 Å². The number of Topliss-reactive ketones (excluding diaryl/α,β-unsaturated/α-hetero) is 1. The van der Waals surface area contributed by atoms with Crippen LogP contribution in [0.15, 0.2) is 0 Å². The number of nitrogens with one attached hydrogen (secondary N) is 1. The van der Waals surface area contributed by atoms with E-state index in [-0.39, 0.29) is 29.9 Å². The minimum Gasteiger partial charge on any atom is -0.306 e. The van der Waals surface area contributed by atoms with Crippen LogP contribution in [0.2, 0.25) is 0 Å². The van der Waals surface area contributed by atoms with Gasteiger partial charge >= 0.3 is 0 Å². The highest BCUT2D eigenvalue weighted by Gasteiger charge is 2.27. The molecule has 70 valence electrons. The predicted octanol–water partition coefficient (Wildman–Crippen LogP) is -0.648. The van der Waals surface area contributed by atoms with Crippen molar-refractivity contribution in [1.29, 1.82) is 0 Å². The highest BCUT2D eigenvalue weighted by molar-refractivity contribution is 7.91. The summed E-state index contributed by atoms with van der Waals surface area (Å²) < 4.78 is 21.9. The number of ketones is 1. The summed E-state index contributed by atoms with van der Waals surface area (Å²) in [5.41, 5.74) is 0. The smallest absolute Gasteiger partial charge is 0.151 e. The second kappa shape index (κ2) is 3.53. The van der Waals surface area contributed by atoms with Crippen molar-refractivity contribution in [3.63, 3.8) is 0 Å². The monoisotopic (exact) mass is 191 g/mol. The van der Waals surface area contributed by atoms with Gasteiger partial charge in [0.2, 0.25) is 0 Å². The molecule has 1 aliphatic rings. The molecule has 0 bridgehead atoms. The van der Waals surface area contributed by atoms with E-state index in [0.717, 1.165) is 0 Å². The number of carbonyl (C=O) groups excluding carboxylic acids is 1. The zero-order valence-electron chi connectivity index (χ0n) is 7.04. The Morgan fingerprint density at radius 2 is 2.25 bits per heavy atom. The molecule has 4 nitrogen and oxygen atoms in total. The van der Waals surface area contributed by atoms with E-state index in [4.69, 9.17) is 0 Å². The van der Waals surface area contributed by atoms with Crippen molar-refractivity contribution in [1.82, 2.24) is 5.32 Å². The summed E-state index contributed by atoms with van der Waals surface area (Å²) in [6.07, 6.45) is 0.635. The van der Waals surface area contributed by atoms with Crippen molar-refractivity contribution in [2.45, 2.75) is 19.4 Å². The summed E-state index contributed by atoms with van der Waals surface area (Å²) in [4.78, 5) is 10.5. The summed E-state index contributed by atoms with van der Waals surface area (Å²) >= 11 is 0. The molecule has 1 unspecified atom stereocenters. The number of rotatable bonds is 3. The fraction of sp³-hybridized carbons (Fsp3) is 0.857. The molecule has 5 heteroatoms. The summed E-state index contributed by atoms with van der Waals surface area (Å²) in [5, 5.41) is 2.91. The van der Waals surface area contributed by atoms with E-state index in [9.17, 15) is 13.2 Å². The van der Waals surface area contributed by atoms with E-state index in [0.29, 0.717) is 6.42 Å². The van der Waals surface area contributed by atoms with Crippen molar-refractivity contribution in [2.75, 3.05) is 18.1 Å². The molecule has 1 aliphatic heterocycles. The number of carbonyl (C=O) groups is 1. The molecule has 0 aliphatic carbocycles. The zero-order chi connectivity index (χ0) is 9.19. The molecule has 0 amide bonds. The third-order valence-electron chi connectivity index (χ3n) is 1.87. The number of hydrogen-bond donors (Lipinski definition) is 1. The third kappa shape index (κ3) is 2.91. The van der Waals surface area contributed by atoms with Crippen LogP contribution in [-0.4, -0.2) is 38.3 Å². The fourth-order valence-corrected chi connectivity index (χ4v) is 2.95. The maximum Gasteiger partial charge on any atom is 0.151 e. The topological polar surface area (TPSA) is 63.2 Å². The van der Waals surface area contributed by atoms with E-state index in [2.05, 4.69) is 5.32 Å². The maximum atomic E-state index is 11.0. The summed E-state index contributed by atoms with van der Waals surface area (Å²) in [6.45, 7) is 1.76. The highest BCUT2D eigenvalue weighted by atomic mass is 32.2. The van der Waals surface area contributed by atoms with Crippen LogP contribution in [0.25, 0.3) is 0 Å². The first-order valence-corrected chi connectivity index (χ1v) is 5.75. The van der Waals surface area contributed by atoms with Crippen LogP contribution in [0.5, 0.6) is 0 Å². The lowest BCUT2D eigenvalue weighted by Crippen LogP contribution is -2.33. The molecule has 0 radical (unpaired) electrons. The summed E-state index contributed by atoms with van der Waals surface area (Å²) in [6, 6.07) is -0.0149. The second-order valence-electron chi connectivity index (χ2n) is 3.18. The van der Waals surface area contributed by atoms with Crippen molar-refractivity contribution in [3.05, 3.63) is 0 Å². The van der Waals surface area contributed by atoms with Crippen molar-refractivity contribution in [2.24, 2.45) is 0 Å². The lowest BCUT2D eigenvalue weighted by Gasteiger charge is -2.07. The third-order valence-corrected chi connectivity index (χ3v) is 3.64. The standard InChI is InChI=1S/C7H13NO3S/c1-6(9)4-8-7-2-3-12(10,11)5-7/h7-8H,2-5H2,1H3. The molecule has 1 saturated heterocycles. The quantitative estimate of drug-likeness (QED) is 0.644. The maximum absolute atomic E-state index is 11.0. The van der Waals surface area contributed by atoms with E-state index in [1.54, 1.807) is 0 Å². The molecular weight excluding hydrogens is 178 g/mol. The SMILES string of the molecule is CC(=O)CNC1CCS(=O)(=O)C1. The van der Waals surface area contributed by atoms with Crippen molar-refractivity contribution >= 4 is 15.6 Å². The van der Waals surface area contributed by atoms with E-state index in [1.807, 2.05) is 0 Å². The van der Waals surface area contributed by atoms with Crippen LogP contribution in [0.1, 0.15) is 13.3 Å². The Kier molecular flexibility index (Phi) is 2.85. The Labute approximate surface area is 72.3 Å². The van der Waals surface area contributed by atoms with Gasteiger partial charge in [-0.1, -0.05) is 0 Å².